The topological polar surface area (TPSA) is 0 Å². The molecule has 1 heteroatoms. The van der Waals surface area contributed by atoms with Gasteiger partial charge in [-0.1, -0.05) is 61.2 Å². The molecular formula is C14H22Si. The van der Waals surface area contributed by atoms with Crippen molar-refractivity contribution < 1.29 is 0 Å². The van der Waals surface area contributed by atoms with Crippen LogP contribution < -0.4 is 0 Å². The van der Waals surface area contributed by atoms with Crippen molar-refractivity contribution >= 4 is 8.07 Å². The summed E-state index contributed by atoms with van der Waals surface area (Å²) >= 11 is 0. The first kappa shape index (κ1) is 12.2. The number of benzene rings is 1. The zero-order chi connectivity index (χ0) is 11.3. The summed E-state index contributed by atoms with van der Waals surface area (Å²) < 4.78 is 0. The fourth-order valence-corrected chi connectivity index (χ4v) is 3.42. The zero-order valence-electron chi connectivity index (χ0n) is 10.4. The van der Waals surface area contributed by atoms with Crippen molar-refractivity contribution in [3.63, 3.8) is 0 Å². The summed E-state index contributed by atoms with van der Waals surface area (Å²) in [6.07, 6.45) is 2.38. The summed E-state index contributed by atoms with van der Waals surface area (Å²) in [7, 11) is -1.02. The Hall–Kier alpha value is -0.823. The Labute approximate surface area is 95.0 Å². The number of aryl methyl sites for hydroxylation is 1. The van der Waals surface area contributed by atoms with E-state index in [2.05, 4.69) is 62.6 Å². The van der Waals surface area contributed by atoms with Gasteiger partial charge in [-0.2, -0.15) is 0 Å². The molecule has 0 bridgehead atoms. The van der Waals surface area contributed by atoms with Crippen LogP contribution in [0.15, 0.2) is 41.6 Å². The van der Waals surface area contributed by atoms with Crippen LogP contribution in [0.2, 0.25) is 19.6 Å². The van der Waals surface area contributed by atoms with Gasteiger partial charge in [0, 0.05) is 0 Å². The van der Waals surface area contributed by atoms with Gasteiger partial charge in [0.25, 0.3) is 0 Å². The fraction of sp³-hybridized carbons (Fsp3) is 0.429. The van der Waals surface area contributed by atoms with Gasteiger partial charge in [0.1, 0.15) is 0 Å². The van der Waals surface area contributed by atoms with Crippen LogP contribution in [0.4, 0.5) is 0 Å². The lowest BCUT2D eigenvalue weighted by atomic mass is 10.1. The fourth-order valence-electron chi connectivity index (χ4n) is 1.80. The second-order valence-electron chi connectivity index (χ2n) is 5.34. The summed E-state index contributed by atoms with van der Waals surface area (Å²) in [4.78, 5) is 0. The maximum Gasteiger partial charge on any atom is 0.0686 e. The Morgan fingerprint density at radius 2 is 1.73 bits per heavy atom. The highest BCUT2D eigenvalue weighted by Crippen LogP contribution is 2.12. The minimum absolute atomic E-state index is 1.02. The highest BCUT2D eigenvalue weighted by atomic mass is 28.3. The van der Waals surface area contributed by atoms with E-state index in [0.29, 0.717) is 0 Å². The molecule has 0 aromatic heterocycles. The van der Waals surface area contributed by atoms with E-state index in [1.54, 1.807) is 5.57 Å². The van der Waals surface area contributed by atoms with Crippen LogP contribution in [0.1, 0.15) is 18.9 Å². The molecular weight excluding hydrogens is 196 g/mol. The van der Waals surface area contributed by atoms with Gasteiger partial charge in [0.15, 0.2) is 0 Å². The molecule has 82 valence electrons. The molecule has 0 nitrogen and oxygen atoms in total. The molecule has 0 atom stereocenters. The highest BCUT2D eigenvalue weighted by Gasteiger charge is 2.08. The summed E-state index contributed by atoms with van der Waals surface area (Å²) in [5.41, 5.74) is 5.51. The molecule has 0 fully saturated rings. The highest BCUT2D eigenvalue weighted by molar-refractivity contribution is 6.81. The molecule has 0 aliphatic carbocycles. The second kappa shape index (κ2) is 5.31. The Balaban J connectivity index is 2.48. The van der Waals surface area contributed by atoms with Crippen molar-refractivity contribution in [3.8, 4) is 0 Å². The summed E-state index contributed by atoms with van der Waals surface area (Å²) in [5, 5.41) is 0. The number of rotatable bonds is 4. The third-order valence-corrected chi connectivity index (χ3v) is 3.69. The molecule has 0 amide bonds. The van der Waals surface area contributed by atoms with E-state index in [0.717, 1.165) is 0 Å². The van der Waals surface area contributed by atoms with E-state index < -0.39 is 8.07 Å². The SMILES string of the molecule is C/C(=C\[Si](C)(C)C)CCc1ccccc1. The van der Waals surface area contributed by atoms with Gasteiger partial charge in [-0.05, 0) is 25.3 Å². The van der Waals surface area contributed by atoms with E-state index in [1.165, 1.54) is 18.4 Å². The van der Waals surface area contributed by atoms with Crippen LogP contribution in [0, 0.1) is 0 Å². The molecule has 0 heterocycles. The van der Waals surface area contributed by atoms with Crippen molar-refractivity contribution in [1.82, 2.24) is 0 Å². The van der Waals surface area contributed by atoms with E-state index in [-0.39, 0.29) is 0 Å². The number of allylic oxidation sites excluding steroid dienone is 1. The van der Waals surface area contributed by atoms with Crippen molar-refractivity contribution in [2.45, 2.75) is 39.4 Å². The molecule has 15 heavy (non-hydrogen) atoms. The predicted molar refractivity (Wildman–Crippen MR) is 71.9 cm³/mol. The number of hydrogen-bond donors (Lipinski definition) is 0. The lowest BCUT2D eigenvalue weighted by Gasteiger charge is -2.12. The van der Waals surface area contributed by atoms with Crippen LogP contribution in [0.25, 0.3) is 0 Å². The number of hydrogen-bond acceptors (Lipinski definition) is 0. The van der Waals surface area contributed by atoms with Crippen molar-refractivity contribution in [1.29, 1.82) is 0 Å². The average molecular weight is 218 g/mol. The molecule has 1 aromatic rings. The monoisotopic (exact) mass is 218 g/mol. The van der Waals surface area contributed by atoms with Gasteiger partial charge in [-0.3, -0.25) is 0 Å². The molecule has 0 aliphatic rings. The smallest absolute Gasteiger partial charge is 0.0686 e. The van der Waals surface area contributed by atoms with Crippen LogP contribution >= 0.6 is 0 Å². The minimum atomic E-state index is -1.02. The molecule has 0 aliphatic heterocycles. The van der Waals surface area contributed by atoms with Gasteiger partial charge in [-0.25, -0.2) is 0 Å². The van der Waals surface area contributed by atoms with Crippen LogP contribution in [0.3, 0.4) is 0 Å². The Kier molecular flexibility index (Phi) is 4.34. The summed E-state index contributed by atoms with van der Waals surface area (Å²) in [6, 6.07) is 10.7. The predicted octanol–water partition coefficient (Wildman–Crippen LogP) is 4.44. The maximum absolute atomic E-state index is 2.51. The molecule has 1 aromatic carbocycles. The van der Waals surface area contributed by atoms with Crippen molar-refractivity contribution in [3.05, 3.63) is 47.2 Å². The van der Waals surface area contributed by atoms with E-state index in [1.807, 2.05) is 0 Å². The quantitative estimate of drug-likeness (QED) is 0.655. The third kappa shape index (κ3) is 5.58. The molecule has 0 saturated heterocycles. The van der Waals surface area contributed by atoms with E-state index in [9.17, 15) is 0 Å². The maximum atomic E-state index is 2.51. The van der Waals surface area contributed by atoms with Crippen LogP contribution in [-0.2, 0) is 6.42 Å². The molecule has 0 spiro atoms. The van der Waals surface area contributed by atoms with Gasteiger partial charge in [-0.15, -0.1) is 0 Å². The Morgan fingerprint density at radius 3 is 2.27 bits per heavy atom. The van der Waals surface area contributed by atoms with Gasteiger partial charge >= 0.3 is 0 Å². The summed E-state index contributed by atoms with van der Waals surface area (Å²) in [6.45, 7) is 9.43. The molecule has 0 N–H and O–H groups in total. The molecule has 0 saturated carbocycles. The first-order valence-corrected chi connectivity index (χ1v) is 9.27. The Bertz CT molecular complexity index is 317. The molecule has 0 unspecified atom stereocenters. The standard InChI is InChI=1S/C14H22Si/c1-13(12-15(2,3)4)10-11-14-8-6-5-7-9-14/h5-9,12H,10-11H2,1-4H3/b13-12+. The zero-order valence-corrected chi connectivity index (χ0v) is 11.4. The van der Waals surface area contributed by atoms with Crippen LogP contribution in [0.5, 0.6) is 0 Å². The first-order valence-electron chi connectivity index (χ1n) is 5.70. The van der Waals surface area contributed by atoms with Crippen LogP contribution in [-0.4, -0.2) is 8.07 Å². The molecule has 1 rings (SSSR count). The lowest BCUT2D eigenvalue weighted by Crippen LogP contribution is -2.16. The van der Waals surface area contributed by atoms with Crippen molar-refractivity contribution in [2.75, 3.05) is 0 Å². The van der Waals surface area contributed by atoms with E-state index in [4.69, 9.17) is 0 Å². The lowest BCUT2D eigenvalue weighted by molar-refractivity contribution is 0.943. The first-order chi connectivity index (χ1) is 6.97. The largest absolute Gasteiger partial charge is 0.0961 e. The minimum Gasteiger partial charge on any atom is -0.0961 e. The van der Waals surface area contributed by atoms with E-state index >= 15 is 0 Å². The van der Waals surface area contributed by atoms with Crippen molar-refractivity contribution in [2.24, 2.45) is 0 Å². The normalized spacial score (nSPS) is 12.9. The Morgan fingerprint density at radius 1 is 1.13 bits per heavy atom. The summed E-state index contributed by atoms with van der Waals surface area (Å²) in [5.74, 6) is 0. The average Bonchev–Trinajstić information content (AvgIpc) is 2.14. The van der Waals surface area contributed by atoms with Gasteiger partial charge in [0.2, 0.25) is 0 Å². The van der Waals surface area contributed by atoms with Gasteiger partial charge < -0.3 is 0 Å². The third-order valence-electron chi connectivity index (χ3n) is 2.33. The molecule has 0 radical (unpaired) electrons. The second-order valence-corrected chi connectivity index (χ2v) is 10.4. The van der Waals surface area contributed by atoms with Gasteiger partial charge in [0.05, 0.1) is 8.07 Å².